The number of aromatic nitrogens is 2. The molecule has 9 aromatic carbocycles. The number of para-hydroxylation sites is 3. The Kier molecular flexibility index (Phi) is 13.8. The van der Waals surface area contributed by atoms with Gasteiger partial charge in [0.25, 0.3) is 0 Å². The number of pyridine rings is 1. The van der Waals surface area contributed by atoms with Crippen LogP contribution in [-0.2, 0) is 37.3 Å². The van der Waals surface area contributed by atoms with Crippen LogP contribution in [0.2, 0.25) is 0 Å². The van der Waals surface area contributed by atoms with E-state index in [4.69, 9.17) is 9.72 Å². The number of hydrogen-bond donors (Lipinski definition) is 0. The minimum atomic E-state index is -0.286. The van der Waals surface area contributed by atoms with E-state index in [0.29, 0.717) is 11.5 Å². The minimum Gasteiger partial charge on any atom is -0.509 e. The van der Waals surface area contributed by atoms with Gasteiger partial charge in [-0.25, -0.2) is 9.37 Å². The van der Waals surface area contributed by atoms with Gasteiger partial charge in [0, 0.05) is 72.5 Å². The fourth-order valence-corrected chi connectivity index (χ4v) is 10.7. The molecule has 0 saturated heterocycles. The molecule has 0 unspecified atom stereocenters. The van der Waals surface area contributed by atoms with Gasteiger partial charge in [-0.1, -0.05) is 189 Å². The average molecular weight is 1210 g/mol. The van der Waals surface area contributed by atoms with Gasteiger partial charge in [-0.2, -0.15) is 6.07 Å². The molecule has 0 N–H and O–H groups in total. The van der Waals surface area contributed by atoms with Crippen LogP contribution in [-0.4, -0.2) is 9.55 Å². The smallest absolute Gasteiger partial charge is 0.135 e. The van der Waals surface area contributed by atoms with Crippen molar-refractivity contribution < 1.29 is 30.2 Å². The molecule has 0 spiro atoms. The Labute approximate surface area is 479 Å². The molecule has 11 aromatic rings. The van der Waals surface area contributed by atoms with Crippen LogP contribution in [0.1, 0.15) is 79.0 Å². The topological polar surface area (TPSA) is 33.5 Å². The van der Waals surface area contributed by atoms with Crippen LogP contribution >= 0.6 is 0 Å². The van der Waals surface area contributed by atoms with Crippen LogP contribution in [0, 0.1) is 24.6 Å². The molecule has 0 amide bonds. The molecule has 0 atom stereocenters. The summed E-state index contributed by atoms with van der Waals surface area (Å²) in [7, 11) is 0. The number of anilines is 4. The van der Waals surface area contributed by atoms with Crippen LogP contribution in [0.5, 0.6) is 11.5 Å². The molecule has 0 fully saturated rings. The molecule has 5 nitrogen and oxygen atoms in total. The Bertz CT molecular complexity index is 4020. The molecule has 1 aliphatic rings. The predicted octanol–water partition coefficient (Wildman–Crippen LogP) is 19.7. The zero-order valence-corrected chi connectivity index (χ0v) is 48.4. The van der Waals surface area contributed by atoms with E-state index in [-0.39, 0.29) is 43.1 Å². The summed E-state index contributed by atoms with van der Waals surface area (Å²) in [6.45, 7) is 22.5. The maximum absolute atomic E-state index is 15.0. The number of hydrogen-bond acceptors (Lipinski definition) is 4. The van der Waals surface area contributed by atoms with Gasteiger partial charge in [-0.05, 0) is 121 Å². The summed E-state index contributed by atoms with van der Waals surface area (Å²) in [5.74, 6) is 1.63. The molecule has 79 heavy (non-hydrogen) atoms. The molecule has 0 aliphatic carbocycles. The summed E-state index contributed by atoms with van der Waals surface area (Å²) in [6.07, 6.45) is 1.90. The van der Waals surface area contributed by atoms with E-state index in [1.165, 1.54) is 16.7 Å². The van der Waals surface area contributed by atoms with E-state index in [2.05, 4.69) is 259 Å². The first-order valence-corrected chi connectivity index (χ1v) is 26.9. The van der Waals surface area contributed by atoms with Crippen molar-refractivity contribution in [3.8, 4) is 61.8 Å². The number of rotatable bonds is 9. The maximum atomic E-state index is 15.0. The van der Waals surface area contributed by atoms with Crippen molar-refractivity contribution in [2.24, 2.45) is 0 Å². The third-order valence-electron chi connectivity index (χ3n) is 15.0. The fourth-order valence-electron chi connectivity index (χ4n) is 10.7. The van der Waals surface area contributed by atoms with Gasteiger partial charge in [-0.3, -0.25) is 0 Å². The van der Waals surface area contributed by atoms with Crippen molar-refractivity contribution in [3.05, 3.63) is 248 Å². The second-order valence-corrected chi connectivity index (χ2v) is 23.6. The quantitative estimate of drug-likeness (QED) is 0.135. The monoisotopic (exact) mass is 1210 g/mol. The van der Waals surface area contributed by atoms with Gasteiger partial charge in [0.2, 0.25) is 0 Å². The van der Waals surface area contributed by atoms with E-state index in [1.54, 1.807) is 12.1 Å². The van der Waals surface area contributed by atoms with Crippen LogP contribution < -0.4 is 14.5 Å². The van der Waals surface area contributed by atoms with Gasteiger partial charge in [-0.15, -0.1) is 53.6 Å². The third kappa shape index (κ3) is 10.3. The number of nitrogens with zero attached hydrogens (tertiary/aromatic N) is 4. The SMILES string of the molecule is CC(C)(C)c1cc(-c2cc(-c3ccccc3)cc(-c3ccc(F)cc3)c2N2[CH-]N(c3[c-]c(Oc4[c-]c5c(cc4)c4ccccc4n5-c4cc(C(C)(C)C)ccn4)cc(-c4ccccc4)c3)c3ccccc32)cc(C(C)(C)C)c1.[Pt]. The molecule has 7 heteroatoms. The standard InChI is InChI=1S/C72H62FN4O.Pt/c1-70(2,3)53-34-35-74-68(43-53)77-64-25-17-16-24-60(64)61-33-32-58(45-67(61)77)78-59-39-50(47-20-12-10-13-21-47)38-57(44-59)75-46-76(66-27-19-18-26-65(66)75)69-62(49-28-30-56(73)31-29-49)40-51(48-22-14-11-15-23-48)41-63(69)52-36-54(71(4,5)6)42-55(37-52)72(7,8)9;/h10-43,46H,1-9H3;/q-3;. The van der Waals surface area contributed by atoms with E-state index in [0.717, 1.165) is 94.9 Å². The van der Waals surface area contributed by atoms with Crippen LogP contribution in [0.4, 0.5) is 27.1 Å². The van der Waals surface area contributed by atoms with Gasteiger partial charge in [0.1, 0.15) is 11.6 Å². The zero-order valence-electron chi connectivity index (χ0n) is 46.1. The number of ether oxygens (including phenoxy) is 1. The first-order valence-electron chi connectivity index (χ1n) is 26.9. The summed E-state index contributed by atoms with van der Waals surface area (Å²) in [4.78, 5) is 9.44. The van der Waals surface area contributed by atoms with Crippen molar-refractivity contribution >= 4 is 44.6 Å². The fraction of sp³-hybridized carbons (Fsp3) is 0.167. The molecular weight excluding hydrogens is 1150 g/mol. The Balaban J connectivity index is 0.00000660. The summed E-state index contributed by atoms with van der Waals surface area (Å²) >= 11 is 0. The van der Waals surface area contributed by atoms with Crippen molar-refractivity contribution in [1.82, 2.24) is 9.55 Å². The molecule has 0 saturated carbocycles. The Hall–Kier alpha value is -8.05. The zero-order chi connectivity index (χ0) is 54.1. The molecule has 0 bridgehead atoms. The molecule has 1 aliphatic heterocycles. The first kappa shape index (κ1) is 53.0. The van der Waals surface area contributed by atoms with Crippen LogP contribution in [0.3, 0.4) is 0 Å². The van der Waals surface area contributed by atoms with Gasteiger partial charge >= 0.3 is 0 Å². The normalized spacial score (nSPS) is 12.7. The summed E-state index contributed by atoms with van der Waals surface area (Å²) in [5.41, 5.74) is 17.2. The second-order valence-electron chi connectivity index (χ2n) is 23.6. The van der Waals surface area contributed by atoms with Crippen molar-refractivity contribution in [3.63, 3.8) is 0 Å². The van der Waals surface area contributed by atoms with E-state index >= 15 is 0 Å². The van der Waals surface area contributed by atoms with E-state index < -0.39 is 0 Å². The van der Waals surface area contributed by atoms with Gasteiger partial charge in [0.15, 0.2) is 0 Å². The summed E-state index contributed by atoms with van der Waals surface area (Å²) < 4.78 is 24.1. The summed E-state index contributed by atoms with van der Waals surface area (Å²) in [6, 6.07) is 76.6. The predicted molar refractivity (Wildman–Crippen MR) is 322 cm³/mol. The van der Waals surface area contributed by atoms with Crippen molar-refractivity contribution in [2.45, 2.75) is 78.6 Å². The molecule has 2 aromatic heterocycles. The third-order valence-corrected chi connectivity index (χ3v) is 15.0. The molecule has 396 valence electrons. The molecule has 3 heterocycles. The molecule has 12 rings (SSSR count). The molecule has 0 radical (unpaired) electrons. The minimum absolute atomic E-state index is 0. The van der Waals surface area contributed by atoms with Crippen molar-refractivity contribution in [1.29, 1.82) is 0 Å². The summed E-state index contributed by atoms with van der Waals surface area (Å²) in [5, 5.41) is 2.17. The average Bonchev–Trinajstić information content (AvgIpc) is 4.19. The molecular formula is C72H62FN4OPt-3. The Morgan fingerprint density at radius 1 is 0.456 bits per heavy atom. The number of benzene rings is 9. The Morgan fingerprint density at radius 3 is 1.66 bits per heavy atom. The van der Waals surface area contributed by atoms with Crippen LogP contribution in [0.15, 0.2) is 206 Å². The maximum Gasteiger partial charge on any atom is 0.135 e. The second kappa shape index (κ2) is 20.6. The number of halogens is 1. The van der Waals surface area contributed by atoms with E-state index in [9.17, 15) is 4.39 Å². The first-order chi connectivity index (χ1) is 37.4. The van der Waals surface area contributed by atoms with Crippen LogP contribution in [0.25, 0.3) is 72.1 Å². The van der Waals surface area contributed by atoms with Crippen molar-refractivity contribution in [2.75, 3.05) is 9.80 Å². The van der Waals surface area contributed by atoms with E-state index in [1.807, 2.05) is 30.5 Å². The largest absolute Gasteiger partial charge is 0.509 e. The van der Waals surface area contributed by atoms with Gasteiger partial charge < -0.3 is 19.1 Å². The number of fused-ring (bicyclic) bond motifs is 4. The van der Waals surface area contributed by atoms with Gasteiger partial charge in [0.05, 0.1) is 0 Å². The Morgan fingerprint density at radius 2 is 1.03 bits per heavy atom.